The summed E-state index contributed by atoms with van der Waals surface area (Å²) >= 11 is 0. The van der Waals surface area contributed by atoms with Crippen molar-refractivity contribution in [1.29, 1.82) is 5.26 Å². The summed E-state index contributed by atoms with van der Waals surface area (Å²) in [5.74, 6) is 2.61. The van der Waals surface area contributed by atoms with E-state index >= 15 is 0 Å². The number of hydrogen-bond acceptors (Lipinski definition) is 8. The predicted octanol–water partition coefficient (Wildman–Crippen LogP) is 3.67. The normalized spacial score (nSPS) is 20.4. The summed E-state index contributed by atoms with van der Waals surface area (Å²) in [6, 6.07) is 9.93. The number of hydrogen-bond donors (Lipinski definition) is 3. The molecule has 2 fully saturated rings. The van der Waals surface area contributed by atoms with Crippen LogP contribution in [-0.2, 0) is 0 Å². The number of nitrogens with zero attached hydrogens (tertiary/aromatic N) is 4. The second-order valence-corrected chi connectivity index (χ2v) is 8.30. The van der Waals surface area contributed by atoms with Crippen LogP contribution in [0.3, 0.4) is 0 Å². The Morgan fingerprint density at radius 3 is 2.47 bits per heavy atom. The molecular weight excluding hydrogens is 406 g/mol. The molecule has 32 heavy (non-hydrogen) atoms. The molecule has 3 aromatic rings. The van der Waals surface area contributed by atoms with Crippen LogP contribution in [0.25, 0.3) is 11.3 Å². The number of ether oxygens (including phenoxy) is 2. The first kappa shape index (κ1) is 20.3. The zero-order valence-electron chi connectivity index (χ0n) is 17.6. The third kappa shape index (κ3) is 4.36. The summed E-state index contributed by atoms with van der Waals surface area (Å²) in [6.45, 7) is 0. The van der Waals surface area contributed by atoms with Crippen molar-refractivity contribution in [3.8, 4) is 28.8 Å². The standard InChI is InChI=1S/C23H25N7O2/c24-11-15-12-27-22(13-26-15)28-21-10-18(29-30-21)23-19(31-16-3-1-4-16)5-2-6-20(23)32-17-8-7-14(25)9-17/h2,5-6,10,12-14,16-17H,1,3-4,7-9,25H2,(H2,27,28,29,30)/t14-,17+/m0/s1. The second-order valence-electron chi connectivity index (χ2n) is 8.30. The van der Waals surface area contributed by atoms with Crippen LogP contribution in [0.5, 0.6) is 11.5 Å². The first-order valence-electron chi connectivity index (χ1n) is 10.9. The molecule has 0 unspecified atom stereocenters. The van der Waals surface area contributed by atoms with Gasteiger partial charge in [-0.25, -0.2) is 9.97 Å². The summed E-state index contributed by atoms with van der Waals surface area (Å²) in [7, 11) is 0. The molecule has 1 aromatic carbocycles. The minimum absolute atomic E-state index is 0.0946. The van der Waals surface area contributed by atoms with Crippen molar-refractivity contribution in [2.75, 3.05) is 5.32 Å². The Balaban J connectivity index is 1.43. The molecule has 5 rings (SSSR count). The van der Waals surface area contributed by atoms with Gasteiger partial charge in [0.1, 0.15) is 29.5 Å². The summed E-state index contributed by atoms with van der Waals surface area (Å²) in [6.07, 6.45) is 9.33. The molecule has 9 nitrogen and oxygen atoms in total. The van der Waals surface area contributed by atoms with Crippen molar-refractivity contribution in [3.63, 3.8) is 0 Å². The molecule has 4 N–H and O–H groups in total. The van der Waals surface area contributed by atoms with Gasteiger partial charge in [0, 0.05) is 12.1 Å². The maximum Gasteiger partial charge on any atom is 0.158 e. The fourth-order valence-electron chi connectivity index (χ4n) is 4.00. The van der Waals surface area contributed by atoms with Gasteiger partial charge in [-0.05, 0) is 50.7 Å². The minimum Gasteiger partial charge on any atom is -0.490 e. The average molecular weight is 432 g/mol. The van der Waals surface area contributed by atoms with E-state index in [1.165, 1.54) is 18.8 Å². The lowest BCUT2D eigenvalue weighted by atomic mass is 9.96. The van der Waals surface area contributed by atoms with E-state index < -0.39 is 0 Å². The van der Waals surface area contributed by atoms with Crippen LogP contribution < -0.4 is 20.5 Å². The van der Waals surface area contributed by atoms with E-state index in [0.717, 1.165) is 54.9 Å². The number of aromatic amines is 1. The molecule has 0 bridgehead atoms. The fraction of sp³-hybridized carbons (Fsp3) is 0.391. The van der Waals surface area contributed by atoms with Gasteiger partial charge in [0.05, 0.1) is 29.8 Å². The highest BCUT2D eigenvalue weighted by Gasteiger charge is 2.27. The number of H-pyrrole nitrogens is 1. The molecule has 2 aliphatic carbocycles. The van der Waals surface area contributed by atoms with Crippen LogP contribution in [-0.4, -0.2) is 38.4 Å². The van der Waals surface area contributed by atoms with Crippen LogP contribution in [0.4, 0.5) is 11.6 Å². The Morgan fingerprint density at radius 2 is 1.84 bits per heavy atom. The molecule has 2 aromatic heterocycles. The Hall–Kier alpha value is -3.64. The lowest BCUT2D eigenvalue weighted by Crippen LogP contribution is -2.25. The van der Waals surface area contributed by atoms with Gasteiger partial charge in [-0.2, -0.15) is 10.4 Å². The average Bonchev–Trinajstić information content (AvgIpc) is 3.40. The monoisotopic (exact) mass is 431 g/mol. The number of anilines is 2. The van der Waals surface area contributed by atoms with Gasteiger partial charge < -0.3 is 20.5 Å². The highest BCUT2D eigenvalue weighted by Crippen LogP contribution is 2.41. The van der Waals surface area contributed by atoms with Gasteiger partial charge in [-0.15, -0.1) is 0 Å². The Kier molecular flexibility index (Phi) is 5.60. The first-order valence-corrected chi connectivity index (χ1v) is 10.9. The molecule has 2 aliphatic rings. The zero-order valence-corrected chi connectivity index (χ0v) is 17.6. The Morgan fingerprint density at radius 1 is 1.03 bits per heavy atom. The number of nitriles is 1. The lowest BCUT2D eigenvalue weighted by molar-refractivity contribution is 0.120. The number of aromatic nitrogens is 4. The quantitative estimate of drug-likeness (QED) is 0.516. The number of nitrogens with two attached hydrogens (primary N) is 1. The van der Waals surface area contributed by atoms with E-state index in [9.17, 15) is 0 Å². The van der Waals surface area contributed by atoms with Crippen molar-refractivity contribution < 1.29 is 9.47 Å². The topological polar surface area (TPSA) is 135 Å². The van der Waals surface area contributed by atoms with Crippen LogP contribution in [0.1, 0.15) is 44.2 Å². The van der Waals surface area contributed by atoms with Gasteiger partial charge in [0.15, 0.2) is 11.5 Å². The molecule has 2 atom stereocenters. The SMILES string of the molecule is N#Cc1cnc(Nc2cc(-c3c(OC4CCC4)cccc3O[C@@H]3CC[C@H](N)C3)[nH]n2)cn1. The Labute approximate surface area is 186 Å². The molecule has 0 saturated heterocycles. The molecule has 2 saturated carbocycles. The highest BCUT2D eigenvalue weighted by molar-refractivity contribution is 5.76. The summed E-state index contributed by atoms with van der Waals surface area (Å²) in [4.78, 5) is 8.21. The molecular formula is C23H25N7O2. The van der Waals surface area contributed by atoms with Crippen LogP contribution >= 0.6 is 0 Å². The van der Waals surface area contributed by atoms with Gasteiger partial charge in [-0.3, -0.25) is 5.10 Å². The highest BCUT2D eigenvalue weighted by atomic mass is 16.5. The third-order valence-electron chi connectivity index (χ3n) is 5.92. The predicted molar refractivity (Wildman–Crippen MR) is 119 cm³/mol. The zero-order chi connectivity index (χ0) is 21.9. The van der Waals surface area contributed by atoms with Gasteiger partial charge >= 0.3 is 0 Å². The van der Waals surface area contributed by atoms with Gasteiger partial charge in [0.25, 0.3) is 0 Å². The van der Waals surface area contributed by atoms with E-state index in [4.69, 9.17) is 20.5 Å². The van der Waals surface area contributed by atoms with Crippen molar-refractivity contribution >= 4 is 11.6 Å². The largest absolute Gasteiger partial charge is 0.490 e. The van der Waals surface area contributed by atoms with E-state index in [2.05, 4.69) is 25.5 Å². The smallest absolute Gasteiger partial charge is 0.158 e. The molecule has 0 radical (unpaired) electrons. The van der Waals surface area contributed by atoms with Crippen molar-refractivity contribution in [3.05, 3.63) is 42.4 Å². The number of nitrogens with one attached hydrogen (secondary N) is 2. The van der Waals surface area contributed by atoms with E-state index in [-0.39, 0.29) is 23.9 Å². The lowest BCUT2D eigenvalue weighted by Gasteiger charge is -2.28. The summed E-state index contributed by atoms with van der Waals surface area (Å²) in [5.41, 5.74) is 7.98. The maximum absolute atomic E-state index is 8.88. The van der Waals surface area contributed by atoms with E-state index in [0.29, 0.717) is 11.6 Å². The van der Waals surface area contributed by atoms with Gasteiger partial charge in [0.2, 0.25) is 0 Å². The minimum atomic E-state index is 0.0946. The maximum atomic E-state index is 8.88. The summed E-state index contributed by atoms with van der Waals surface area (Å²) in [5, 5.41) is 19.4. The van der Waals surface area contributed by atoms with Gasteiger partial charge in [-0.1, -0.05) is 6.07 Å². The van der Waals surface area contributed by atoms with Crippen LogP contribution in [0.2, 0.25) is 0 Å². The molecule has 164 valence electrons. The van der Waals surface area contributed by atoms with Crippen molar-refractivity contribution in [2.24, 2.45) is 5.73 Å². The molecule has 0 aliphatic heterocycles. The van der Waals surface area contributed by atoms with Crippen LogP contribution in [0.15, 0.2) is 36.7 Å². The van der Waals surface area contributed by atoms with Crippen molar-refractivity contribution in [2.45, 2.75) is 56.8 Å². The van der Waals surface area contributed by atoms with E-state index in [1.807, 2.05) is 30.3 Å². The molecule has 0 amide bonds. The first-order chi connectivity index (χ1) is 15.7. The summed E-state index contributed by atoms with van der Waals surface area (Å²) < 4.78 is 12.7. The molecule has 2 heterocycles. The van der Waals surface area contributed by atoms with E-state index in [1.54, 1.807) is 0 Å². The molecule has 0 spiro atoms. The third-order valence-corrected chi connectivity index (χ3v) is 5.92. The van der Waals surface area contributed by atoms with Crippen molar-refractivity contribution in [1.82, 2.24) is 20.2 Å². The fourth-order valence-corrected chi connectivity index (χ4v) is 4.00. The Bertz CT molecular complexity index is 1120. The second kappa shape index (κ2) is 8.85. The molecule has 9 heteroatoms. The number of rotatable bonds is 7. The van der Waals surface area contributed by atoms with Crippen LogP contribution in [0, 0.1) is 11.3 Å². The number of benzene rings is 1.